The van der Waals surface area contributed by atoms with Gasteiger partial charge in [-0.15, -0.1) is 0 Å². The van der Waals surface area contributed by atoms with E-state index in [0.29, 0.717) is 76.9 Å². The summed E-state index contributed by atoms with van der Waals surface area (Å²) in [7, 11) is 2.08. The molecule has 0 aliphatic carbocycles. The summed E-state index contributed by atoms with van der Waals surface area (Å²) >= 11 is 6.76. The number of fused-ring (bicyclic) bond motifs is 7. The number of nitrogens with one attached hydrogen (secondary N) is 1. The number of carbonyl (C=O) groups excluding carboxylic acids is 1. The summed E-state index contributed by atoms with van der Waals surface area (Å²) in [5.41, 5.74) is 0.876. The molecule has 12 nitrogen and oxygen atoms in total. The summed E-state index contributed by atoms with van der Waals surface area (Å²) in [4.78, 5) is 31.1. The van der Waals surface area contributed by atoms with Crippen LogP contribution in [0.3, 0.4) is 0 Å². The summed E-state index contributed by atoms with van der Waals surface area (Å²) < 4.78 is 40.2. The largest absolute Gasteiger partial charge is 0.508 e. The minimum atomic E-state index is -1.07. The Kier molecular flexibility index (Phi) is 7.86. The Labute approximate surface area is 264 Å². The van der Waals surface area contributed by atoms with E-state index >= 15 is 4.39 Å². The molecule has 2 saturated heterocycles. The number of aromatic amines is 1. The minimum absolute atomic E-state index is 0.0505. The number of nitrogens with zero attached hydrogens (tertiary/aromatic N) is 6. The van der Waals surface area contributed by atoms with Crippen molar-refractivity contribution >= 4 is 45.4 Å². The Balaban J connectivity index is 1.42. The maximum absolute atomic E-state index is 16.9. The molecule has 14 heteroatoms. The molecule has 238 valence electrons. The fourth-order valence-electron chi connectivity index (χ4n) is 6.56. The van der Waals surface area contributed by atoms with E-state index in [-0.39, 0.29) is 43.0 Å². The quantitative estimate of drug-likeness (QED) is 0.307. The van der Waals surface area contributed by atoms with Crippen LogP contribution in [0.25, 0.3) is 33.1 Å². The van der Waals surface area contributed by atoms with Gasteiger partial charge in [0.1, 0.15) is 23.6 Å². The average molecular weight is 640 g/mol. The van der Waals surface area contributed by atoms with Gasteiger partial charge in [0, 0.05) is 40.8 Å². The van der Waals surface area contributed by atoms with Gasteiger partial charge in [0.2, 0.25) is 0 Å². The number of aromatic nitrogens is 5. The number of hydrogen-bond acceptors (Lipinski definition) is 11. The highest BCUT2D eigenvalue weighted by Crippen LogP contribution is 2.40. The fourth-order valence-corrected chi connectivity index (χ4v) is 6.86. The van der Waals surface area contributed by atoms with Crippen molar-refractivity contribution in [3.05, 3.63) is 34.9 Å². The van der Waals surface area contributed by atoms with Crippen LogP contribution in [0.1, 0.15) is 38.7 Å². The number of halogens is 2. The Hall–Kier alpha value is -3.81. The van der Waals surface area contributed by atoms with Crippen LogP contribution < -0.4 is 9.64 Å². The summed E-state index contributed by atoms with van der Waals surface area (Å²) in [5, 5.41) is 8.56. The van der Waals surface area contributed by atoms with Crippen molar-refractivity contribution in [1.29, 1.82) is 0 Å². The minimum Gasteiger partial charge on any atom is -0.462 e. The molecular weight excluding hydrogens is 605 g/mol. The first-order valence-corrected chi connectivity index (χ1v) is 15.6. The van der Waals surface area contributed by atoms with Gasteiger partial charge in [0.15, 0.2) is 11.4 Å². The van der Waals surface area contributed by atoms with E-state index in [1.807, 2.05) is 4.90 Å². The maximum atomic E-state index is 16.9. The van der Waals surface area contributed by atoms with Crippen LogP contribution in [-0.2, 0) is 20.6 Å². The maximum Gasteiger partial charge on any atom is 0.508 e. The molecule has 0 unspecified atom stereocenters. The first kappa shape index (κ1) is 29.9. The zero-order valence-corrected chi connectivity index (χ0v) is 26.2. The number of pyridine rings is 1. The van der Waals surface area contributed by atoms with Crippen LogP contribution in [0.15, 0.2) is 18.5 Å². The first-order chi connectivity index (χ1) is 21.7. The monoisotopic (exact) mass is 639 g/mol. The predicted molar refractivity (Wildman–Crippen MR) is 165 cm³/mol. The molecule has 3 atom stereocenters. The zero-order valence-electron chi connectivity index (χ0n) is 25.4. The molecule has 7 heterocycles. The van der Waals surface area contributed by atoms with Crippen molar-refractivity contribution in [2.45, 2.75) is 57.2 Å². The molecule has 0 radical (unpaired) electrons. The highest BCUT2D eigenvalue weighted by Gasteiger charge is 2.37. The topological polar surface area (TPSA) is 128 Å². The van der Waals surface area contributed by atoms with E-state index in [2.05, 4.69) is 39.0 Å². The second kappa shape index (κ2) is 11.8. The van der Waals surface area contributed by atoms with Crippen molar-refractivity contribution in [2.24, 2.45) is 0 Å². The normalized spacial score (nSPS) is 24.6. The molecule has 0 spiro atoms. The third-order valence-corrected chi connectivity index (χ3v) is 9.47. The van der Waals surface area contributed by atoms with Crippen molar-refractivity contribution in [2.75, 3.05) is 51.5 Å². The van der Waals surface area contributed by atoms with E-state index in [0.717, 1.165) is 12.8 Å². The molecule has 1 N–H and O–H groups in total. The van der Waals surface area contributed by atoms with Crippen molar-refractivity contribution in [3.8, 4) is 17.3 Å². The number of benzene rings is 1. The zero-order chi connectivity index (χ0) is 31.3. The number of anilines is 1. The standard InChI is InChI=1S/C31H35ClFN7O5/c1-17-6-7-18(39(17)3)14-44-29-36-26-21-12-34-27(25(26)33)24-19(22(32)11-23-20(24)13-35-38-23)5-4-9-43-30(41)45-31(2)15-40(28(21)37-29)8-10-42-16-31/h11-13,17-18H,4-10,14-16H2,1-3H3,(H,35,38)/t17-,18-,31-/m0/s1. The lowest BCUT2D eigenvalue weighted by atomic mass is 9.95. The highest BCUT2D eigenvalue weighted by molar-refractivity contribution is 6.33. The number of H-pyrrole nitrogens is 1. The number of likely N-dealkylation sites (tertiary alicyclic amines) is 1. The molecule has 4 aromatic rings. The van der Waals surface area contributed by atoms with Gasteiger partial charge in [-0.1, -0.05) is 11.6 Å². The molecule has 0 saturated carbocycles. The molecule has 6 bridgehead atoms. The molecule has 4 aliphatic heterocycles. The van der Waals surface area contributed by atoms with E-state index in [4.69, 9.17) is 35.5 Å². The van der Waals surface area contributed by atoms with Gasteiger partial charge in [-0.25, -0.2) is 9.18 Å². The molecule has 45 heavy (non-hydrogen) atoms. The second-order valence-corrected chi connectivity index (χ2v) is 12.7. The first-order valence-electron chi connectivity index (χ1n) is 15.2. The summed E-state index contributed by atoms with van der Waals surface area (Å²) in [5.74, 6) is -0.219. The molecule has 8 rings (SSSR count). The summed E-state index contributed by atoms with van der Waals surface area (Å²) in [6, 6.07) is 2.43. The molecule has 0 amide bonds. The number of ether oxygens (including phenoxy) is 4. The summed E-state index contributed by atoms with van der Waals surface area (Å²) in [6.45, 7) is 5.49. The molecule has 2 fully saturated rings. The van der Waals surface area contributed by atoms with Gasteiger partial charge in [-0.3, -0.25) is 15.0 Å². The number of hydrogen-bond donors (Lipinski definition) is 1. The Morgan fingerprint density at radius 3 is 2.91 bits per heavy atom. The van der Waals surface area contributed by atoms with Crippen LogP contribution in [0.2, 0.25) is 5.02 Å². The molecule has 4 aliphatic rings. The lowest BCUT2D eigenvalue weighted by Gasteiger charge is -2.32. The van der Waals surface area contributed by atoms with Gasteiger partial charge < -0.3 is 23.8 Å². The lowest BCUT2D eigenvalue weighted by molar-refractivity contribution is -0.0575. The van der Waals surface area contributed by atoms with Crippen molar-refractivity contribution in [3.63, 3.8) is 0 Å². The third kappa shape index (κ3) is 5.61. The number of rotatable bonds is 3. The van der Waals surface area contributed by atoms with E-state index < -0.39 is 17.6 Å². The van der Waals surface area contributed by atoms with E-state index in [1.165, 1.54) is 0 Å². The van der Waals surface area contributed by atoms with Crippen molar-refractivity contribution < 1.29 is 28.1 Å². The smallest absolute Gasteiger partial charge is 0.462 e. The van der Waals surface area contributed by atoms with E-state index in [9.17, 15) is 4.79 Å². The molecular formula is C31H35ClFN7O5. The van der Waals surface area contributed by atoms with Crippen LogP contribution in [0, 0.1) is 5.82 Å². The fraction of sp³-hybridized carbons (Fsp3) is 0.516. The van der Waals surface area contributed by atoms with Crippen LogP contribution in [0.4, 0.5) is 15.0 Å². The van der Waals surface area contributed by atoms with Gasteiger partial charge in [-0.05, 0) is 58.2 Å². The van der Waals surface area contributed by atoms with Gasteiger partial charge >= 0.3 is 12.2 Å². The number of carbonyl (C=O) groups is 1. The molecule has 1 aromatic carbocycles. The van der Waals surface area contributed by atoms with Crippen molar-refractivity contribution in [1.82, 2.24) is 30.0 Å². The Morgan fingerprint density at radius 2 is 2.09 bits per heavy atom. The highest BCUT2D eigenvalue weighted by atomic mass is 35.5. The molecule has 3 aromatic heterocycles. The third-order valence-electron chi connectivity index (χ3n) is 9.13. The second-order valence-electron chi connectivity index (χ2n) is 12.3. The van der Waals surface area contributed by atoms with Crippen LogP contribution >= 0.6 is 11.6 Å². The Morgan fingerprint density at radius 1 is 1.22 bits per heavy atom. The van der Waals surface area contributed by atoms with Crippen LogP contribution in [0.5, 0.6) is 6.01 Å². The summed E-state index contributed by atoms with van der Waals surface area (Å²) in [6.07, 6.45) is 5.25. The van der Waals surface area contributed by atoms with Gasteiger partial charge in [-0.2, -0.15) is 15.1 Å². The van der Waals surface area contributed by atoms with E-state index in [1.54, 1.807) is 25.4 Å². The lowest BCUT2D eigenvalue weighted by Crippen LogP contribution is -2.46. The number of likely N-dealkylation sites (N-methyl/N-ethyl adjacent to an activating group) is 1. The van der Waals surface area contributed by atoms with Crippen LogP contribution in [-0.4, -0.2) is 100 Å². The average Bonchev–Trinajstić information content (AvgIpc) is 3.54. The Bertz CT molecular complexity index is 1770. The van der Waals surface area contributed by atoms with Gasteiger partial charge in [0.05, 0.1) is 43.5 Å². The SMILES string of the molecule is C[C@H]1CC[C@@H](COc2nc3c4cnc(c(F)c4n2)-c2c(c(Cl)cc4[nH]ncc24)CCCOC(=O)O[C@]2(C)COCCN3C2)N1C. The van der Waals surface area contributed by atoms with Gasteiger partial charge in [0.25, 0.3) is 0 Å². The predicted octanol–water partition coefficient (Wildman–Crippen LogP) is 4.92.